The van der Waals surface area contributed by atoms with Crippen molar-refractivity contribution in [2.24, 2.45) is 0 Å². The van der Waals surface area contributed by atoms with Crippen LogP contribution in [0.1, 0.15) is 36.3 Å². The van der Waals surface area contributed by atoms with Gasteiger partial charge in [-0.05, 0) is 29.8 Å². The van der Waals surface area contributed by atoms with Gasteiger partial charge in [-0.3, -0.25) is 0 Å². The van der Waals surface area contributed by atoms with E-state index in [1.54, 1.807) is 20.0 Å². The molecule has 7 heteroatoms. The number of alkyl halides is 2. The summed E-state index contributed by atoms with van der Waals surface area (Å²) in [5.41, 5.74) is -0.435. The second-order valence-electron chi connectivity index (χ2n) is 4.53. The predicted octanol–water partition coefficient (Wildman–Crippen LogP) is 4.80. The number of nitrogens with zero attached hydrogens (tertiary/aromatic N) is 2. The number of halogens is 4. The molecule has 0 unspecified atom stereocenters. The molecular weight excluding hydrogens is 347 g/mol. The largest absolute Gasteiger partial charge is 0.362 e. The van der Waals surface area contributed by atoms with Crippen molar-refractivity contribution in [3.8, 4) is 0 Å². The molecule has 0 fully saturated rings. The molecule has 21 heavy (non-hydrogen) atoms. The topological polar surface area (TPSA) is 37.8 Å². The number of hydrogen-bond donors (Lipinski definition) is 1. The van der Waals surface area contributed by atoms with Crippen LogP contribution in [0.15, 0.2) is 28.9 Å². The predicted molar refractivity (Wildman–Crippen MR) is 77.9 cm³/mol. The minimum Gasteiger partial charge on any atom is -0.362 e. The Labute approximate surface area is 128 Å². The van der Waals surface area contributed by atoms with Crippen LogP contribution in [-0.2, 0) is 0 Å². The molecule has 0 aliphatic heterocycles. The maximum absolute atomic E-state index is 14.1. The number of nitrogens with one attached hydrogen (secondary N) is 1. The van der Waals surface area contributed by atoms with Crippen LogP contribution in [0, 0.1) is 12.7 Å². The zero-order chi connectivity index (χ0) is 15.6. The van der Waals surface area contributed by atoms with E-state index < -0.39 is 23.8 Å². The monoisotopic (exact) mass is 359 g/mol. The fraction of sp³-hybridized carbons (Fsp3) is 0.286. The van der Waals surface area contributed by atoms with Crippen molar-refractivity contribution >= 4 is 21.7 Å². The number of benzene rings is 1. The van der Waals surface area contributed by atoms with Crippen LogP contribution in [0.5, 0.6) is 0 Å². The SMILES string of the molecule is Cc1ncc(Br)c(N[C@H](C)c2cccc(C(F)F)c2F)n1. The summed E-state index contributed by atoms with van der Waals surface area (Å²) in [4.78, 5) is 8.19. The van der Waals surface area contributed by atoms with Crippen molar-refractivity contribution in [2.75, 3.05) is 5.32 Å². The summed E-state index contributed by atoms with van der Waals surface area (Å²) in [6.45, 7) is 3.40. The molecule has 0 saturated carbocycles. The molecule has 1 atom stereocenters. The summed E-state index contributed by atoms with van der Waals surface area (Å²) in [6, 6.07) is 3.45. The molecular formula is C14H13BrF3N3. The van der Waals surface area contributed by atoms with Gasteiger partial charge in [0.2, 0.25) is 0 Å². The van der Waals surface area contributed by atoms with E-state index in [1.807, 2.05) is 0 Å². The lowest BCUT2D eigenvalue weighted by Crippen LogP contribution is -2.12. The standard InChI is InChI=1S/C14H13BrF3N3/c1-7(20-14-11(15)6-19-8(2)21-14)9-4-3-5-10(12(9)16)13(17)18/h3-7,13H,1-2H3,(H,19,20,21)/t7-/m1/s1. The van der Waals surface area contributed by atoms with Gasteiger partial charge in [0.15, 0.2) is 0 Å². The third kappa shape index (κ3) is 3.53. The van der Waals surface area contributed by atoms with E-state index in [9.17, 15) is 13.2 Å². The second-order valence-corrected chi connectivity index (χ2v) is 5.39. The highest BCUT2D eigenvalue weighted by molar-refractivity contribution is 9.10. The van der Waals surface area contributed by atoms with E-state index in [-0.39, 0.29) is 5.56 Å². The Hall–Kier alpha value is -1.63. The van der Waals surface area contributed by atoms with Gasteiger partial charge < -0.3 is 5.32 Å². The van der Waals surface area contributed by atoms with Gasteiger partial charge in [-0.15, -0.1) is 0 Å². The second kappa shape index (κ2) is 6.43. The van der Waals surface area contributed by atoms with Crippen LogP contribution in [-0.4, -0.2) is 9.97 Å². The molecule has 0 aliphatic carbocycles. The van der Waals surface area contributed by atoms with E-state index in [4.69, 9.17) is 0 Å². The highest BCUT2D eigenvalue weighted by Crippen LogP contribution is 2.29. The van der Waals surface area contributed by atoms with E-state index >= 15 is 0 Å². The molecule has 2 rings (SSSR count). The Morgan fingerprint density at radius 3 is 2.57 bits per heavy atom. The average molecular weight is 360 g/mol. The van der Waals surface area contributed by atoms with Gasteiger partial charge in [-0.1, -0.05) is 18.2 Å². The molecule has 0 aliphatic rings. The van der Waals surface area contributed by atoms with Gasteiger partial charge >= 0.3 is 0 Å². The van der Waals surface area contributed by atoms with Gasteiger partial charge in [-0.25, -0.2) is 23.1 Å². The smallest absolute Gasteiger partial charge is 0.266 e. The molecule has 1 heterocycles. The quantitative estimate of drug-likeness (QED) is 0.851. The van der Waals surface area contributed by atoms with Crippen LogP contribution in [0.25, 0.3) is 0 Å². The molecule has 1 N–H and O–H groups in total. The first-order chi connectivity index (χ1) is 9.90. The fourth-order valence-corrected chi connectivity index (χ4v) is 2.22. The normalized spacial score (nSPS) is 12.5. The molecule has 3 nitrogen and oxygen atoms in total. The van der Waals surface area contributed by atoms with E-state index in [0.717, 1.165) is 6.07 Å². The molecule has 1 aromatic carbocycles. The molecule has 1 aromatic heterocycles. The van der Waals surface area contributed by atoms with Crippen LogP contribution < -0.4 is 5.32 Å². The summed E-state index contributed by atoms with van der Waals surface area (Å²) in [5.74, 6) is 0.140. The van der Waals surface area contributed by atoms with Crippen molar-refractivity contribution in [1.29, 1.82) is 0 Å². The Kier molecular flexibility index (Phi) is 4.82. The Bertz CT molecular complexity index is 649. The fourth-order valence-electron chi connectivity index (χ4n) is 1.91. The van der Waals surface area contributed by atoms with Gasteiger partial charge in [-0.2, -0.15) is 0 Å². The van der Waals surface area contributed by atoms with E-state index in [0.29, 0.717) is 16.1 Å². The number of aromatic nitrogens is 2. The molecule has 2 aromatic rings. The zero-order valence-corrected chi connectivity index (χ0v) is 13.0. The number of aryl methyl sites for hydroxylation is 1. The zero-order valence-electron chi connectivity index (χ0n) is 11.4. The third-order valence-corrected chi connectivity index (χ3v) is 3.56. The molecule has 0 spiro atoms. The average Bonchev–Trinajstić information content (AvgIpc) is 2.42. The first-order valence-electron chi connectivity index (χ1n) is 6.22. The summed E-state index contributed by atoms with van der Waals surface area (Å²) in [6.07, 6.45) is -1.27. The molecule has 112 valence electrons. The van der Waals surface area contributed by atoms with Crippen molar-refractivity contribution in [2.45, 2.75) is 26.3 Å². The van der Waals surface area contributed by atoms with E-state index in [2.05, 4.69) is 31.2 Å². The van der Waals surface area contributed by atoms with Crippen LogP contribution in [0.2, 0.25) is 0 Å². The van der Waals surface area contributed by atoms with Gasteiger partial charge in [0.25, 0.3) is 6.43 Å². The van der Waals surface area contributed by atoms with Gasteiger partial charge in [0, 0.05) is 11.8 Å². The first kappa shape index (κ1) is 15.8. The number of anilines is 1. The van der Waals surface area contributed by atoms with E-state index in [1.165, 1.54) is 12.1 Å². The van der Waals surface area contributed by atoms with Crippen LogP contribution >= 0.6 is 15.9 Å². The molecule has 0 saturated heterocycles. The lowest BCUT2D eigenvalue weighted by molar-refractivity contribution is 0.146. The van der Waals surface area contributed by atoms with Crippen LogP contribution in [0.4, 0.5) is 19.0 Å². The summed E-state index contributed by atoms with van der Waals surface area (Å²) >= 11 is 3.29. The number of rotatable bonds is 4. The Morgan fingerprint density at radius 2 is 1.90 bits per heavy atom. The maximum atomic E-state index is 14.1. The molecule has 0 radical (unpaired) electrons. The highest BCUT2D eigenvalue weighted by Gasteiger charge is 2.20. The summed E-state index contributed by atoms with van der Waals surface area (Å²) in [7, 11) is 0. The minimum atomic E-state index is -2.84. The maximum Gasteiger partial charge on any atom is 0.266 e. The lowest BCUT2D eigenvalue weighted by atomic mass is 10.0. The number of hydrogen-bond acceptors (Lipinski definition) is 3. The lowest BCUT2D eigenvalue weighted by Gasteiger charge is -2.18. The van der Waals surface area contributed by atoms with Gasteiger partial charge in [0.05, 0.1) is 16.1 Å². The highest BCUT2D eigenvalue weighted by atomic mass is 79.9. The van der Waals surface area contributed by atoms with Crippen molar-refractivity contribution in [1.82, 2.24) is 9.97 Å². The summed E-state index contributed by atoms with van der Waals surface area (Å²) in [5, 5.41) is 2.99. The minimum absolute atomic E-state index is 0.163. The summed E-state index contributed by atoms with van der Waals surface area (Å²) < 4.78 is 40.2. The molecule has 0 bridgehead atoms. The van der Waals surface area contributed by atoms with Gasteiger partial charge in [0.1, 0.15) is 17.5 Å². The molecule has 0 amide bonds. The Balaban J connectivity index is 2.30. The van der Waals surface area contributed by atoms with Crippen molar-refractivity contribution in [3.63, 3.8) is 0 Å². The van der Waals surface area contributed by atoms with Crippen molar-refractivity contribution < 1.29 is 13.2 Å². The first-order valence-corrected chi connectivity index (χ1v) is 7.01. The Morgan fingerprint density at radius 1 is 1.24 bits per heavy atom. The van der Waals surface area contributed by atoms with Crippen molar-refractivity contribution in [3.05, 3.63) is 51.6 Å². The van der Waals surface area contributed by atoms with Crippen LogP contribution in [0.3, 0.4) is 0 Å². The third-order valence-electron chi connectivity index (χ3n) is 2.98.